The zero-order valence-corrected chi connectivity index (χ0v) is 13.9. The summed E-state index contributed by atoms with van der Waals surface area (Å²) in [6, 6.07) is 14.1. The number of benzene rings is 2. The van der Waals surface area contributed by atoms with Gasteiger partial charge in [-0.15, -0.1) is 0 Å². The lowest BCUT2D eigenvalue weighted by molar-refractivity contribution is 0.0543. The number of hydrogen-bond donors (Lipinski definition) is 1. The fraction of sp³-hybridized carbons (Fsp3) is 0.316. The lowest BCUT2D eigenvalue weighted by atomic mass is 9.74. The maximum absolute atomic E-state index is 13.7. The molecule has 0 atom stereocenters. The molecule has 0 bridgehead atoms. The van der Waals surface area contributed by atoms with Gasteiger partial charge in [-0.25, -0.2) is 4.39 Å². The van der Waals surface area contributed by atoms with Gasteiger partial charge in [0, 0.05) is 30.9 Å². The van der Waals surface area contributed by atoms with E-state index in [1.165, 1.54) is 6.07 Å². The zero-order valence-electron chi connectivity index (χ0n) is 13.2. The number of rotatable bonds is 4. The Kier molecular flexibility index (Phi) is 5.03. The fourth-order valence-electron chi connectivity index (χ4n) is 3.14. The second-order valence-electron chi connectivity index (χ2n) is 6.06. The average Bonchev–Trinajstić information content (AvgIpc) is 2.61. The summed E-state index contributed by atoms with van der Waals surface area (Å²) in [6.07, 6.45) is 1.65. The summed E-state index contributed by atoms with van der Waals surface area (Å²) in [5.74, 6) is -0.222. The number of nitrogens with one attached hydrogen (secondary N) is 1. The maximum Gasteiger partial charge on any atom is 0.123 e. The highest BCUT2D eigenvalue weighted by Gasteiger charge is 2.34. The topological polar surface area (TPSA) is 45.0 Å². The summed E-state index contributed by atoms with van der Waals surface area (Å²) in [5.41, 5.74) is 2.10. The fourth-order valence-corrected chi connectivity index (χ4v) is 3.36. The quantitative estimate of drug-likeness (QED) is 0.887. The van der Waals surface area contributed by atoms with E-state index in [4.69, 9.17) is 21.6 Å². The molecule has 124 valence electrons. The summed E-state index contributed by atoms with van der Waals surface area (Å²) in [5, 5.41) is 12.8. The lowest BCUT2D eigenvalue weighted by Crippen LogP contribution is -2.40. The van der Waals surface area contributed by atoms with Gasteiger partial charge in [0.25, 0.3) is 0 Å². The van der Waals surface area contributed by atoms with Gasteiger partial charge in [-0.3, -0.25) is 0 Å². The van der Waals surface area contributed by atoms with Crippen molar-refractivity contribution in [3.05, 3.63) is 64.4 Å². The Hall–Kier alpha value is -2.09. The van der Waals surface area contributed by atoms with Crippen molar-refractivity contribution < 1.29 is 9.13 Å². The number of anilines is 1. The minimum absolute atomic E-state index is 0.180. The molecule has 0 saturated carbocycles. The number of ether oxygens (including phenoxy) is 1. The van der Waals surface area contributed by atoms with Gasteiger partial charge in [-0.05, 0) is 48.7 Å². The molecule has 1 heterocycles. The van der Waals surface area contributed by atoms with E-state index in [1.54, 1.807) is 24.3 Å². The van der Waals surface area contributed by atoms with Crippen LogP contribution in [0.5, 0.6) is 0 Å². The molecule has 3 nitrogen and oxygen atoms in total. The van der Waals surface area contributed by atoms with E-state index in [0.29, 0.717) is 30.3 Å². The molecule has 0 spiro atoms. The molecule has 0 aliphatic carbocycles. The number of nitriles is 1. The number of halogens is 2. The van der Waals surface area contributed by atoms with Crippen molar-refractivity contribution in [1.82, 2.24) is 0 Å². The smallest absolute Gasteiger partial charge is 0.123 e. The van der Waals surface area contributed by atoms with Gasteiger partial charge >= 0.3 is 0 Å². The highest BCUT2D eigenvalue weighted by Crippen LogP contribution is 2.35. The van der Waals surface area contributed by atoms with Gasteiger partial charge in [0.15, 0.2) is 0 Å². The summed E-state index contributed by atoms with van der Waals surface area (Å²) in [4.78, 5) is 0. The minimum Gasteiger partial charge on any atom is -0.384 e. The lowest BCUT2D eigenvalue weighted by Gasteiger charge is -2.38. The predicted octanol–water partition coefficient (Wildman–Crippen LogP) is 4.51. The van der Waals surface area contributed by atoms with Crippen LogP contribution in [0.1, 0.15) is 24.0 Å². The first-order chi connectivity index (χ1) is 11.6. The van der Waals surface area contributed by atoms with Crippen molar-refractivity contribution in [1.29, 1.82) is 5.26 Å². The van der Waals surface area contributed by atoms with Gasteiger partial charge < -0.3 is 10.1 Å². The molecular weight excluding hydrogens is 327 g/mol. The average molecular weight is 345 g/mol. The third-order valence-corrected chi connectivity index (χ3v) is 4.92. The van der Waals surface area contributed by atoms with Crippen LogP contribution in [0.4, 0.5) is 10.1 Å². The summed E-state index contributed by atoms with van der Waals surface area (Å²) < 4.78 is 19.2. The Morgan fingerprint density at radius 1 is 1.21 bits per heavy atom. The molecule has 0 unspecified atom stereocenters. The highest BCUT2D eigenvalue weighted by molar-refractivity contribution is 6.32. The van der Waals surface area contributed by atoms with Crippen molar-refractivity contribution in [3.63, 3.8) is 0 Å². The van der Waals surface area contributed by atoms with Crippen molar-refractivity contribution in [2.45, 2.75) is 18.3 Å². The predicted molar refractivity (Wildman–Crippen MR) is 92.8 cm³/mol. The van der Waals surface area contributed by atoms with E-state index in [0.717, 1.165) is 24.1 Å². The first-order valence-corrected chi connectivity index (χ1v) is 8.28. The van der Waals surface area contributed by atoms with Crippen LogP contribution in [-0.4, -0.2) is 19.8 Å². The summed E-state index contributed by atoms with van der Waals surface area (Å²) in [7, 11) is 0. The Balaban J connectivity index is 1.83. The molecule has 2 aromatic carbocycles. The minimum atomic E-state index is -0.222. The van der Waals surface area contributed by atoms with E-state index >= 15 is 0 Å². The second-order valence-corrected chi connectivity index (χ2v) is 6.47. The third kappa shape index (κ3) is 3.53. The normalized spacial score (nSPS) is 16.4. The first kappa shape index (κ1) is 16.8. The number of nitrogens with zero attached hydrogens (tertiary/aromatic N) is 1. The van der Waals surface area contributed by atoms with Crippen LogP contribution in [0, 0.1) is 17.1 Å². The summed E-state index contributed by atoms with van der Waals surface area (Å²) in [6.45, 7) is 1.97. The molecule has 24 heavy (non-hydrogen) atoms. The summed E-state index contributed by atoms with van der Waals surface area (Å²) >= 11 is 6.09. The number of hydrogen-bond acceptors (Lipinski definition) is 3. The Morgan fingerprint density at radius 2 is 2.00 bits per heavy atom. The Labute approximate surface area is 146 Å². The molecule has 0 amide bonds. The van der Waals surface area contributed by atoms with Gasteiger partial charge in [0.2, 0.25) is 0 Å². The van der Waals surface area contributed by atoms with Crippen molar-refractivity contribution in [3.8, 4) is 6.07 Å². The van der Waals surface area contributed by atoms with Crippen molar-refractivity contribution >= 4 is 17.3 Å². The molecule has 0 radical (unpaired) electrons. The first-order valence-electron chi connectivity index (χ1n) is 7.90. The van der Waals surface area contributed by atoms with Crippen LogP contribution in [0.2, 0.25) is 5.02 Å². The molecule has 5 heteroatoms. The van der Waals surface area contributed by atoms with Gasteiger partial charge in [0.1, 0.15) is 11.9 Å². The molecule has 1 aliphatic heterocycles. The molecule has 2 aromatic rings. The molecular formula is C19H18ClFN2O. The Bertz CT molecular complexity index is 766. The van der Waals surface area contributed by atoms with Crippen LogP contribution < -0.4 is 5.32 Å². The second kappa shape index (κ2) is 7.21. The monoisotopic (exact) mass is 344 g/mol. The Morgan fingerprint density at radius 3 is 2.67 bits per heavy atom. The van der Waals surface area contributed by atoms with Crippen LogP contribution in [-0.2, 0) is 10.2 Å². The third-order valence-electron chi connectivity index (χ3n) is 4.61. The van der Waals surface area contributed by atoms with Crippen molar-refractivity contribution in [2.24, 2.45) is 0 Å². The van der Waals surface area contributed by atoms with E-state index < -0.39 is 0 Å². The van der Waals surface area contributed by atoms with Crippen LogP contribution >= 0.6 is 11.6 Å². The maximum atomic E-state index is 13.7. The van der Waals surface area contributed by atoms with Crippen LogP contribution in [0.3, 0.4) is 0 Å². The van der Waals surface area contributed by atoms with E-state index in [2.05, 4.69) is 5.32 Å². The van der Waals surface area contributed by atoms with E-state index in [-0.39, 0.29) is 11.2 Å². The van der Waals surface area contributed by atoms with Gasteiger partial charge in [0.05, 0.1) is 10.6 Å². The molecule has 0 aromatic heterocycles. The molecule has 3 rings (SSSR count). The van der Waals surface area contributed by atoms with E-state index in [1.807, 2.05) is 18.2 Å². The molecule has 1 saturated heterocycles. The highest BCUT2D eigenvalue weighted by atomic mass is 35.5. The molecule has 1 fully saturated rings. The standard InChI is InChI=1S/C19H18ClFN2O/c20-18-11-17(5-4-14(18)12-22)23-13-19(6-8-24-9-7-19)15-2-1-3-16(21)10-15/h1-5,10-11,23H,6-9,13H2. The van der Waals surface area contributed by atoms with Crippen LogP contribution in [0.15, 0.2) is 42.5 Å². The zero-order chi connectivity index (χ0) is 17.0. The molecule has 1 aliphatic rings. The van der Waals surface area contributed by atoms with Crippen LogP contribution in [0.25, 0.3) is 0 Å². The molecule has 1 N–H and O–H groups in total. The largest absolute Gasteiger partial charge is 0.384 e. The van der Waals surface area contributed by atoms with Gasteiger partial charge in [-0.1, -0.05) is 23.7 Å². The van der Waals surface area contributed by atoms with E-state index in [9.17, 15) is 4.39 Å². The van der Waals surface area contributed by atoms with Crippen molar-refractivity contribution in [2.75, 3.05) is 25.1 Å². The SMILES string of the molecule is N#Cc1ccc(NCC2(c3cccc(F)c3)CCOCC2)cc1Cl. The van der Waals surface area contributed by atoms with Gasteiger partial charge in [-0.2, -0.15) is 5.26 Å².